The molecule has 0 saturated carbocycles. The van der Waals surface area contributed by atoms with Crippen LogP contribution >= 0.6 is 38.4 Å². The highest BCUT2D eigenvalue weighted by molar-refractivity contribution is 9.10. The first-order valence-electron chi connectivity index (χ1n) is 3.98. The number of nitriles is 1. The van der Waals surface area contributed by atoms with Crippen LogP contribution in [0.2, 0.25) is 0 Å². The summed E-state index contributed by atoms with van der Waals surface area (Å²) in [5.41, 5.74) is -4.79. The normalized spacial score (nSPS) is 12.2. The van der Waals surface area contributed by atoms with E-state index in [4.69, 9.17) is 15.9 Å². The van der Waals surface area contributed by atoms with Gasteiger partial charge in [0, 0.05) is 15.2 Å². The third kappa shape index (κ3) is 4.05. The van der Waals surface area contributed by atoms with Gasteiger partial charge in [-0.25, -0.2) is 8.42 Å². The van der Waals surface area contributed by atoms with Gasteiger partial charge in [-0.2, -0.15) is 18.4 Å². The van der Waals surface area contributed by atoms with Crippen LogP contribution in [0.4, 0.5) is 13.2 Å². The topological polar surface area (TPSA) is 57.9 Å². The Kier molecular flexibility index (Phi) is 4.59. The number of hydrogen-bond acceptors (Lipinski definition) is 4. The predicted molar refractivity (Wildman–Crippen MR) is 63.8 cm³/mol. The lowest BCUT2D eigenvalue weighted by Gasteiger charge is -2.11. The van der Waals surface area contributed by atoms with E-state index in [9.17, 15) is 21.6 Å². The molecule has 0 atom stereocenters. The van der Waals surface area contributed by atoms with Crippen molar-refractivity contribution >= 4 is 47.4 Å². The molecule has 1 aromatic carbocycles. The van der Waals surface area contributed by atoms with Crippen molar-refractivity contribution in [2.24, 2.45) is 0 Å². The molecule has 0 bridgehead atoms. The number of halogens is 5. The van der Waals surface area contributed by atoms with Gasteiger partial charge in [-0.3, -0.25) is 0 Å². The van der Waals surface area contributed by atoms with Crippen LogP contribution in [0.25, 0.3) is 0 Å². The predicted octanol–water partition coefficient (Wildman–Crippen LogP) is 3.86. The van der Waals surface area contributed by atoms with E-state index in [-0.39, 0.29) is 10.0 Å². The number of benzene rings is 1. The van der Waals surface area contributed by atoms with Crippen molar-refractivity contribution in [3.8, 4) is 6.07 Å². The van der Waals surface area contributed by atoms with Gasteiger partial charge in [-0.15, -0.1) is 0 Å². The van der Waals surface area contributed by atoms with Crippen LogP contribution in [0.5, 0.6) is 0 Å². The lowest BCUT2D eigenvalue weighted by Crippen LogP contribution is -2.04. The van der Waals surface area contributed by atoms with E-state index < -0.39 is 36.1 Å². The quantitative estimate of drug-likeness (QED) is 0.577. The smallest absolute Gasteiger partial charge is 0.207 e. The molecule has 0 amide bonds. The zero-order valence-electron chi connectivity index (χ0n) is 8.12. The Morgan fingerprint density at radius 3 is 2.33 bits per heavy atom. The van der Waals surface area contributed by atoms with Crippen LogP contribution in [0.3, 0.4) is 0 Å². The van der Waals surface area contributed by atoms with E-state index in [1.807, 2.05) is 0 Å². The number of thioether (sulfide) groups is 1. The van der Waals surface area contributed by atoms with Crippen LogP contribution in [-0.4, -0.2) is 13.9 Å². The molecule has 98 valence electrons. The lowest BCUT2D eigenvalue weighted by molar-refractivity contribution is -0.0329. The number of rotatable bonds is 2. The molecular formula is C8H2BrClF3NO2S2. The molecule has 0 aliphatic heterocycles. The molecule has 0 N–H and O–H groups in total. The summed E-state index contributed by atoms with van der Waals surface area (Å²) >= 11 is 2.17. The highest BCUT2D eigenvalue weighted by Crippen LogP contribution is 2.44. The monoisotopic (exact) mass is 379 g/mol. The fraction of sp³-hybridized carbons (Fsp3) is 0.125. The van der Waals surface area contributed by atoms with Gasteiger partial charge in [0.2, 0.25) is 0 Å². The minimum atomic E-state index is -4.67. The highest BCUT2D eigenvalue weighted by atomic mass is 79.9. The van der Waals surface area contributed by atoms with Gasteiger partial charge in [0.1, 0.15) is 0 Å². The van der Waals surface area contributed by atoms with Crippen molar-refractivity contribution < 1.29 is 21.6 Å². The van der Waals surface area contributed by atoms with Crippen molar-refractivity contribution in [1.82, 2.24) is 0 Å². The fourth-order valence-corrected chi connectivity index (χ4v) is 3.97. The van der Waals surface area contributed by atoms with E-state index in [1.165, 1.54) is 0 Å². The largest absolute Gasteiger partial charge is 0.446 e. The summed E-state index contributed by atoms with van der Waals surface area (Å²) in [5.74, 6) is 0. The summed E-state index contributed by atoms with van der Waals surface area (Å²) in [6.45, 7) is 0. The molecule has 0 heterocycles. The van der Waals surface area contributed by atoms with E-state index in [1.54, 1.807) is 6.07 Å². The van der Waals surface area contributed by atoms with Crippen molar-refractivity contribution in [2.45, 2.75) is 15.3 Å². The third-order valence-electron chi connectivity index (χ3n) is 1.62. The van der Waals surface area contributed by atoms with Crippen LogP contribution in [0.15, 0.2) is 26.4 Å². The van der Waals surface area contributed by atoms with E-state index >= 15 is 0 Å². The Labute approximate surface area is 117 Å². The average molecular weight is 381 g/mol. The Morgan fingerprint density at radius 1 is 1.39 bits per heavy atom. The van der Waals surface area contributed by atoms with Gasteiger partial charge in [-0.1, -0.05) is 0 Å². The summed E-state index contributed by atoms with van der Waals surface area (Å²) in [4.78, 5) is -1.35. The summed E-state index contributed by atoms with van der Waals surface area (Å²) in [7, 11) is 0.664. The van der Waals surface area contributed by atoms with Gasteiger partial charge < -0.3 is 0 Å². The molecular weight excluding hydrogens is 379 g/mol. The average Bonchev–Trinajstić information content (AvgIpc) is 2.17. The zero-order chi connectivity index (χ0) is 14.1. The highest BCUT2D eigenvalue weighted by Gasteiger charge is 2.34. The molecule has 1 aromatic rings. The molecule has 1 rings (SSSR count). The van der Waals surface area contributed by atoms with Crippen LogP contribution in [0.1, 0.15) is 5.56 Å². The van der Waals surface area contributed by atoms with Crippen molar-refractivity contribution in [3.63, 3.8) is 0 Å². The van der Waals surface area contributed by atoms with Crippen molar-refractivity contribution in [2.75, 3.05) is 0 Å². The van der Waals surface area contributed by atoms with Crippen LogP contribution in [-0.2, 0) is 9.05 Å². The Morgan fingerprint density at radius 2 is 1.94 bits per heavy atom. The number of alkyl halides is 3. The van der Waals surface area contributed by atoms with Gasteiger partial charge >= 0.3 is 5.51 Å². The molecule has 10 heteroatoms. The minimum Gasteiger partial charge on any atom is -0.207 e. The summed E-state index contributed by atoms with van der Waals surface area (Å²) < 4.78 is 59.2. The van der Waals surface area contributed by atoms with E-state index in [0.29, 0.717) is 0 Å². The molecule has 0 aromatic heterocycles. The fourth-order valence-electron chi connectivity index (χ4n) is 1.03. The summed E-state index contributed by atoms with van der Waals surface area (Å²) in [6.07, 6.45) is 0. The maximum Gasteiger partial charge on any atom is 0.446 e. The number of hydrogen-bond donors (Lipinski definition) is 0. The van der Waals surface area contributed by atoms with Crippen molar-refractivity contribution in [3.05, 3.63) is 22.2 Å². The molecule has 0 radical (unpaired) electrons. The van der Waals surface area contributed by atoms with E-state index in [0.717, 1.165) is 12.1 Å². The molecule has 0 unspecified atom stereocenters. The summed E-state index contributed by atoms with van der Waals surface area (Å²) in [6, 6.07) is 3.50. The molecule has 0 saturated heterocycles. The van der Waals surface area contributed by atoms with Gasteiger partial charge in [-0.05, 0) is 39.8 Å². The van der Waals surface area contributed by atoms with Gasteiger partial charge in [0.15, 0.2) is 0 Å². The van der Waals surface area contributed by atoms with Crippen LogP contribution in [0, 0.1) is 11.3 Å². The maximum absolute atomic E-state index is 12.3. The first-order valence-corrected chi connectivity index (χ1v) is 7.90. The zero-order valence-corrected chi connectivity index (χ0v) is 12.1. The standard InChI is InChI=1S/C8H2BrClF3NO2S2/c9-5-1-4(3-14)2-6(18(10,15)16)7(5)17-8(11,12)13/h1-2H. The maximum atomic E-state index is 12.3. The Balaban J connectivity index is 3.55. The van der Waals surface area contributed by atoms with Gasteiger partial charge in [0.25, 0.3) is 9.05 Å². The second kappa shape index (κ2) is 5.28. The van der Waals surface area contributed by atoms with Crippen LogP contribution < -0.4 is 0 Å². The SMILES string of the molecule is N#Cc1cc(Br)c(SC(F)(F)F)c(S(=O)(=O)Cl)c1. The Hall–Kier alpha value is -0.430. The first-order chi connectivity index (χ1) is 8.04. The molecule has 0 aliphatic carbocycles. The summed E-state index contributed by atoms with van der Waals surface area (Å²) in [5, 5.41) is 8.64. The lowest BCUT2D eigenvalue weighted by atomic mass is 10.2. The minimum absolute atomic E-state index is 0.118. The first kappa shape index (κ1) is 15.6. The third-order valence-corrected chi connectivity index (χ3v) is 4.86. The second-order valence-electron chi connectivity index (χ2n) is 2.88. The van der Waals surface area contributed by atoms with Crippen molar-refractivity contribution in [1.29, 1.82) is 5.26 Å². The molecule has 3 nitrogen and oxygen atoms in total. The van der Waals surface area contributed by atoms with Gasteiger partial charge in [0.05, 0.1) is 21.4 Å². The number of nitrogens with zero attached hydrogens (tertiary/aromatic N) is 1. The Bertz CT molecular complexity index is 624. The molecule has 18 heavy (non-hydrogen) atoms. The second-order valence-corrected chi connectivity index (χ2v) is 7.35. The molecule has 0 fully saturated rings. The molecule has 0 aliphatic rings. The molecule has 0 spiro atoms. The van der Waals surface area contributed by atoms with E-state index in [2.05, 4.69) is 15.9 Å².